The first-order valence-electron chi connectivity index (χ1n) is 4.75. The standard InChI is InChI=1S/C11H14ClNO2/c1-3-15-11(14)8-13(2)10-6-4-5-9(12)7-10/h4-7H,3,8H2,1-2H3. The topological polar surface area (TPSA) is 29.5 Å². The van der Waals surface area contributed by atoms with Gasteiger partial charge in [0.05, 0.1) is 6.61 Å². The minimum Gasteiger partial charge on any atom is -0.465 e. The van der Waals surface area contributed by atoms with Crippen LogP contribution in [-0.4, -0.2) is 26.2 Å². The Morgan fingerprint density at radius 2 is 2.27 bits per heavy atom. The summed E-state index contributed by atoms with van der Waals surface area (Å²) < 4.78 is 4.85. The average molecular weight is 228 g/mol. The van der Waals surface area contributed by atoms with Crippen LogP contribution >= 0.6 is 11.6 Å². The number of likely N-dealkylation sites (N-methyl/N-ethyl adjacent to an activating group) is 1. The van der Waals surface area contributed by atoms with E-state index in [1.54, 1.807) is 24.0 Å². The molecule has 3 nitrogen and oxygen atoms in total. The summed E-state index contributed by atoms with van der Waals surface area (Å²) in [6.07, 6.45) is 0. The van der Waals surface area contributed by atoms with Gasteiger partial charge < -0.3 is 9.64 Å². The van der Waals surface area contributed by atoms with Gasteiger partial charge in [0.25, 0.3) is 0 Å². The zero-order valence-corrected chi connectivity index (χ0v) is 9.62. The molecule has 0 fully saturated rings. The molecular formula is C11H14ClNO2. The van der Waals surface area contributed by atoms with Crippen LogP contribution < -0.4 is 4.90 Å². The average Bonchev–Trinajstić information content (AvgIpc) is 2.18. The van der Waals surface area contributed by atoms with Crippen molar-refractivity contribution in [1.82, 2.24) is 0 Å². The van der Waals surface area contributed by atoms with Crippen LogP contribution in [0.4, 0.5) is 5.69 Å². The normalized spacial score (nSPS) is 9.80. The highest BCUT2D eigenvalue weighted by atomic mass is 35.5. The number of benzene rings is 1. The lowest BCUT2D eigenvalue weighted by molar-refractivity contribution is -0.141. The third-order valence-electron chi connectivity index (χ3n) is 1.92. The highest BCUT2D eigenvalue weighted by Crippen LogP contribution is 2.17. The molecule has 0 saturated heterocycles. The predicted octanol–water partition coefficient (Wildman–Crippen LogP) is 2.34. The summed E-state index contributed by atoms with van der Waals surface area (Å²) in [5.41, 5.74) is 0.899. The molecule has 0 aromatic heterocycles. The molecular weight excluding hydrogens is 214 g/mol. The fraction of sp³-hybridized carbons (Fsp3) is 0.364. The molecule has 0 spiro atoms. The predicted molar refractivity (Wildman–Crippen MR) is 61.4 cm³/mol. The number of carbonyl (C=O) groups excluding carboxylic acids is 1. The second kappa shape index (κ2) is 5.61. The maximum Gasteiger partial charge on any atom is 0.325 e. The quantitative estimate of drug-likeness (QED) is 0.740. The van der Waals surface area contributed by atoms with E-state index in [9.17, 15) is 4.79 Å². The summed E-state index contributed by atoms with van der Waals surface area (Å²) in [6, 6.07) is 7.34. The van der Waals surface area contributed by atoms with Crippen LogP contribution in [-0.2, 0) is 9.53 Å². The van der Waals surface area contributed by atoms with E-state index in [1.165, 1.54) is 0 Å². The summed E-state index contributed by atoms with van der Waals surface area (Å²) >= 11 is 5.84. The summed E-state index contributed by atoms with van der Waals surface area (Å²) in [6.45, 7) is 2.42. The van der Waals surface area contributed by atoms with E-state index in [-0.39, 0.29) is 12.5 Å². The fourth-order valence-corrected chi connectivity index (χ4v) is 1.39. The highest BCUT2D eigenvalue weighted by molar-refractivity contribution is 6.30. The molecule has 0 aliphatic carbocycles. The largest absolute Gasteiger partial charge is 0.465 e. The van der Waals surface area contributed by atoms with Crippen LogP contribution in [0.2, 0.25) is 5.02 Å². The molecule has 0 unspecified atom stereocenters. The Balaban J connectivity index is 2.60. The van der Waals surface area contributed by atoms with Gasteiger partial charge in [-0.1, -0.05) is 17.7 Å². The lowest BCUT2D eigenvalue weighted by atomic mass is 10.3. The van der Waals surface area contributed by atoms with Crippen molar-refractivity contribution in [1.29, 1.82) is 0 Å². The number of carbonyl (C=O) groups is 1. The monoisotopic (exact) mass is 227 g/mol. The summed E-state index contributed by atoms with van der Waals surface area (Å²) in [5.74, 6) is -0.236. The van der Waals surface area contributed by atoms with Gasteiger partial charge >= 0.3 is 5.97 Å². The Kier molecular flexibility index (Phi) is 4.43. The van der Waals surface area contributed by atoms with Crippen molar-refractivity contribution in [2.45, 2.75) is 6.92 Å². The van der Waals surface area contributed by atoms with Crippen molar-refractivity contribution in [3.63, 3.8) is 0 Å². The number of hydrogen-bond donors (Lipinski definition) is 0. The molecule has 1 aromatic carbocycles. The van der Waals surface area contributed by atoms with Gasteiger partial charge in [0.1, 0.15) is 6.54 Å². The molecule has 82 valence electrons. The molecule has 1 aromatic rings. The number of nitrogens with zero attached hydrogens (tertiary/aromatic N) is 1. The van der Waals surface area contributed by atoms with Crippen LogP contribution in [0.5, 0.6) is 0 Å². The van der Waals surface area contributed by atoms with Crippen LogP contribution in [0.3, 0.4) is 0 Å². The first-order valence-corrected chi connectivity index (χ1v) is 5.13. The van der Waals surface area contributed by atoms with Gasteiger partial charge in [-0.15, -0.1) is 0 Å². The van der Waals surface area contributed by atoms with Gasteiger partial charge in [0, 0.05) is 17.8 Å². The second-order valence-corrected chi connectivity index (χ2v) is 3.58. The van der Waals surface area contributed by atoms with E-state index in [0.29, 0.717) is 11.6 Å². The van der Waals surface area contributed by atoms with E-state index in [2.05, 4.69) is 0 Å². The van der Waals surface area contributed by atoms with Crippen molar-refractivity contribution in [3.8, 4) is 0 Å². The SMILES string of the molecule is CCOC(=O)CN(C)c1cccc(Cl)c1. The lowest BCUT2D eigenvalue weighted by Crippen LogP contribution is -2.26. The van der Waals surface area contributed by atoms with Crippen LogP contribution in [0, 0.1) is 0 Å². The van der Waals surface area contributed by atoms with Gasteiger partial charge in [0.15, 0.2) is 0 Å². The molecule has 1 rings (SSSR count). The van der Waals surface area contributed by atoms with Crippen molar-refractivity contribution in [3.05, 3.63) is 29.3 Å². The molecule has 0 atom stereocenters. The third-order valence-corrected chi connectivity index (χ3v) is 2.16. The number of hydrogen-bond acceptors (Lipinski definition) is 3. The van der Waals surface area contributed by atoms with Crippen LogP contribution in [0.15, 0.2) is 24.3 Å². The molecule has 0 heterocycles. The maximum atomic E-state index is 11.2. The van der Waals surface area contributed by atoms with Gasteiger partial charge in [-0.25, -0.2) is 0 Å². The first-order chi connectivity index (χ1) is 7.13. The molecule has 0 radical (unpaired) electrons. The number of anilines is 1. The molecule has 0 aliphatic heterocycles. The Labute approximate surface area is 94.6 Å². The van der Waals surface area contributed by atoms with Gasteiger partial charge in [-0.05, 0) is 25.1 Å². The van der Waals surface area contributed by atoms with Gasteiger partial charge in [-0.2, -0.15) is 0 Å². The van der Waals surface area contributed by atoms with Crippen LogP contribution in [0.25, 0.3) is 0 Å². The Morgan fingerprint density at radius 1 is 1.53 bits per heavy atom. The Hall–Kier alpha value is -1.22. The molecule has 4 heteroatoms. The van der Waals surface area contributed by atoms with Gasteiger partial charge in [-0.3, -0.25) is 4.79 Å². The first kappa shape index (κ1) is 11.9. The molecule has 0 saturated carbocycles. The molecule has 15 heavy (non-hydrogen) atoms. The van der Waals surface area contributed by atoms with Crippen molar-refractivity contribution >= 4 is 23.3 Å². The van der Waals surface area contributed by atoms with Crippen molar-refractivity contribution in [2.24, 2.45) is 0 Å². The Morgan fingerprint density at radius 3 is 2.87 bits per heavy atom. The van der Waals surface area contributed by atoms with E-state index < -0.39 is 0 Å². The molecule has 0 N–H and O–H groups in total. The summed E-state index contributed by atoms with van der Waals surface area (Å²) in [4.78, 5) is 13.0. The summed E-state index contributed by atoms with van der Waals surface area (Å²) in [5, 5.41) is 0.656. The minimum absolute atomic E-state index is 0.230. The van der Waals surface area contributed by atoms with E-state index in [1.807, 2.05) is 19.2 Å². The smallest absolute Gasteiger partial charge is 0.325 e. The number of rotatable bonds is 4. The van der Waals surface area contributed by atoms with E-state index in [0.717, 1.165) is 5.69 Å². The van der Waals surface area contributed by atoms with E-state index in [4.69, 9.17) is 16.3 Å². The summed E-state index contributed by atoms with van der Waals surface area (Å²) in [7, 11) is 1.82. The van der Waals surface area contributed by atoms with Crippen molar-refractivity contribution < 1.29 is 9.53 Å². The third kappa shape index (κ3) is 3.80. The number of esters is 1. The van der Waals surface area contributed by atoms with E-state index >= 15 is 0 Å². The number of ether oxygens (including phenoxy) is 1. The van der Waals surface area contributed by atoms with Crippen molar-refractivity contribution in [2.75, 3.05) is 25.1 Å². The zero-order valence-electron chi connectivity index (χ0n) is 8.87. The van der Waals surface area contributed by atoms with Crippen LogP contribution in [0.1, 0.15) is 6.92 Å². The molecule has 0 bridgehead atoms. The maximum absolute atomic E-state index is 11.2. The Bertz CT molecular complexity index is 341. The molecule has 0 aliphatic rings. The zero-order chi connectivity index (χ0) is 11.3. The van der Waals surface area contributed by atoms with Gasteiger partial charge in [0.2, 0.25) is 0 Å². The highest BCUT2D eigenvalue weighted by Gasteiger charge is 2.07. The minimum atomic E-state index is -0.236. The lowest BCUT2D eigenvalue weighted by Gasteiger charge is -2.18. The fourth-order valence-electron chi connectivity index (χ4n) is 1.21. The number of halogens is 1. The second-order valence-electron chi connectivity index (χ2n) is 3.14. The molecule has 0 amide bonds.